The summed E-state index contributed by atoms with van der Waals surface area (Å²) in [6, 6.07) is 13.5. The van der Waals surface area contributed by atoms with Gasteiger partial charge in [0.2, 0.25) is 0 Å². The van der Waals surface area contributed by atoms with Crippen LogP contribution in [0.25, 0.3) is 0 Å². The van der Waals surface area contributed by atoms with Crippen LogP contribution in [-0.2, 0) is 12.8 Å². The second-order valence-corrected chi connectivity index (χ2v) is 5.83. The molecule has 0 fully saturated rings. The molecule has 1 atom stereocenters. The third-order valence-electron chi connectivity index (χ3n) is 3.92. The van der Waals surface area contributed by atoms with Gasteiger partial charge in [0.1, 0.15) is 0 Å². The van der Waals surface area contributed by atoms with Crippen LogP contribution < -0.4 is 11.1 Å². The molecular formula is C17H17ClN2O. The van der Waals surface area contributed by atoms with Crippen molar-refractivity contribution in [3.8, 4) is 0 Å². The standard InChI is InChI=1S/C17H17ClN2O/c18-16-10-13(19)6-8-15(16)17(21)20-14-7-5-11-3-1-2-4-12(11)9-14/h1-4,6,8,10,14H,5,7,9,19H2,(H,20,21). The summed E-state index contributed by atoms with van der Waals surface area (Å²) >= 11 is 6.08. The van der Waals surface area contributed by atoms with Crippen LogP contribution in [0.2, 0.25) is 5.02 Å². The molecule has 0 aliphatic heterocycles. The SMILES string of the molecule is Nc1ccc(C(=O)NC2CCc3ccccc3C2)c(Cl)c1. The zero-order valence-electron chi connectivity index (χ0n) is 11.6. The Morgan fingerprint density at radius 3 is 2.71 bits per heavy atom. The summed E-state index contributed by atoms with van der Waals surface area (Å²) in [5, 5.41) is 3.46. The second kappa shape index (κ2) is 5.78. The van der Waals surface area contributed by atoms with E-state index in [9.17, 15) is 4.79 Å². The van der Waals surface area contributed by atoms with Crippen LogP contribution in [0.3, 0.4) is 0 Å². The monoisotopic (exact) mass is 300 g/mol. The van der Waals surface area contributed by atoms with Gasteiger partial charge in [-0.3, -0.25) is 4.79 Å². The van der Waals surface area contributed by atoms with Crippen LogP contribution in [0.1, 0.15) is 27.9 Å². The summed E-state index contributed by atoms with van der Waals surface area (Å²) in [5.74, 6) is -0.135. The number of anilines is 1. The van der Waals surface area contributed by atoms with E-state index in [1.807, 2.05) is 6.07 Å². The van der Waals surface area contributed by atoms with E-state index in [-0.39, 0.29) is 11.9 Å². The molecule has 3 nitrogen and oxygen atoms in total. The molecule has 1 aliphatic rings. The fourth-order valence-electron chi connectivity index (χ4n) is 2.80. The van der Waals surface area contributed by atoms with Gasteiger partial charge in [-0.05, 0) is 48.6 Å². The Kier molecular flexibility index (Phi) is 3.84. The van der Waals surface area contributed by atoms with E-state index >= 15 is 0 Å². The molecule has 1 amide bonds. The van der Waals surface area contributed by atoms with Crippen LogP contribution in [0.15, 0.2) is 42.5 Å². The Hall–Kier alpha value is -2.00. The molecule has 2 aromatic rings. The fraction of sp³-hybridized carbons (Fsp3) is 0.235. The number of hydrogen-bond donors (Lipinski definition) is 2. The smallest absolute Gasteiger partial charge is 0.253 e. The summed E-state index contributed by atoms with van der Waals surface area (Å²) in [5.41, 5.74) is 9.38. The molecule has 108 valence electrons. The van der Waals surface area contributed by atoms with Crippen molar-refractivity contribution in [3.05, 3.63) is 64.2 Å². The van der Waals surface area contributed by atoms with Crippen molar-refractivity contribution in [3.63, 3.8) is 0 Å². The first-order valence-corrected chi connectivity index (χ1v) is 7.44. The van der Waals surface area contributed by atoms with E-state index in [0.717, 1.165) is 19.3 Å². The first-order valence-electron chi connectivity index (χ1n) is 7.06. The average Bonchev–Trinajstić information content (AvgIpc) is 2.47. The summed E-state index contributed by atoms with van der Waals surface area (Å²) in [4.78, 5) is 12.3. The molecule has 0 saturated carbocycles. The molecule has 0 radical (unpaired) electrons. The molecule has 21 heavy (non-hydrogen) atoms. The van der Waals surface area contributed by atoms with Gasteiger partial charge in [0, 0.05) is 11.7 Å². The number of nitrogen functional groups attached to an aromatic ring is 1. The molecule has 0 bridgehead atoms. The lowest BCUT2D eigenvalue weighted by atomic mass is 9.88. The predicted octanol–water partition coefficient (Wildman–Crippen LogP) is 3.21. The number of nitrogens with one attached hydrogen (secondary N) is 1. The number of benzene rings is 2. The highest BCUT2D eigenvalue weighted by Crippen LogP contribution is 2.23. The predicted molar refractivity (Wildman–Crippen MR) is 85.6 cm³/mol. The number of fused-ring (bicyclic) bond motifs is 1. The summed E-state index contributed by atoms with van der Waals surface area (Å²) in [7, 11) is 0. The molecule has 0 aromatic heterocycles. The Bertz CT molecular complexity index is 684. The highest BCUT2D eigenvalue weighted by atomic mass is 35.5. The van der Waals surface area contributed by atoms with Gasteiger partial charge in [-0.1, -0.05) is 35.9 Å². The Morgan fingerprint density at radius 1 is 1.19 bits per heavy atom. The van der Waals surface area contributed by atoms with Crippen LogP contribution in [0.4, 0.5) is 5.69 Å². The van der Waals surface area contributed by atoms with Crippen molar-refractivity contribution in [2.75, 3.05) is 5.73 Å². The minimum absolute atomic E-state index is 0.135. The van der Waals surface area contributed by atoms with Crippen LogP contribution in [0, 0.1) is 0 Å². The lowest BCUT2D eigenvalue weighted by molar-refractivity contribution is 0.0934. The molecule has 3 N–H and O–H groups in total. The summed E-state index contributed by atoms with van der Waals surface area (Å²) in [6.07, 6.45) is 2.82. The number of aryl methyl sites for hydroxylation is 1. The van der Waals surface area contributed by atoms with Crippen LogP contribution >= 0.6 is 11.6 Å². The van der Waals surface area contributed by atoms with E-state index in [1.54, 1.807) is 18.2 Å². The molecule has 1 aliphatic carbocycles. The van der Waals surface area contributed by atoms with Gasteiger partial charge >= 0.3 is 0 Å². The maximum Gasteiger partial charge on any atom is 0.253 e. The maximum absolute atomic E-state index is 12.3. The molecule has 0 spiro atoms. The van der Waals surface area contributed by atoms with Crippen molar-refractivity contribution in [1.82, 2.24) is 5.32 Å². The lowest BCUT2D eigenvalue weighted by Gasteiger charge is -2.25. The first kappa shape index (κ1) is 14.0. The molecule has 3 rings (SSSR count). The van der Waals surface area contributed by atoms with Gasteiger partial charge in [-0.2, -0.15) is 0 Å². The van der Waals surface area contributed by atoms with Crippen molar-refractivity contribution in [2.24, 2.45) is 0 Å². The van der Waals surface area contributed by atoms with E-state index in [4.69, 9.17) is 17.3 Å². The molecule has 1 unspecified atom stereocenters. The number of carbonyl (C=O) groups excluding carboxylic acids is 1. The topological polar surface area (TPSA) is 55.1 Å². The largest absolute Gasteiger partial charge is 0.399 e. The normalized spacial score (nSPS) is 17.1. The Balaban J connectivity index is 1.71. The third kappa shape index (κ3) is 3.03. The molecule has 0 saturated heterocycles. The van der Waals surface area contributed by atoms with Crippen molar-refractivity contribution in [2.45, 2.75) is 25.3 Å². The van der Waals surface area contributed by atoms with Crippen molar-refractivity contribution >= 4 is 23.2 Å². The number of amides is 1. The van der Waals surface area contributed by atoms with Crippen LogP contribution in [-0.4, -0.2) is 11.9 Å². The summed E-state index contributed by atoms with van der Waals surface area (Å²) < 4.78 is 0. The van der Waals surface area contributed by atoms with Crippen molar-refractivity contribution < 1.29 is 4.79 Å². The van der Waals surface area contributed by atoms with Gasteiger partial charge in [-0.15, -0.1) is 0 Å². The number of carbonyl (C=O) groups is 1. The van der Waals surface area contributed by atoms with Gasteiger partial charge in [0.05, 0.1) is 10.6 Å². The number of nitrogens with two attached hydrogens (primary N) is 1. The second-order valence-electron chi connectivity index (χ2n) is 5.42. The molecular weight excluding hydrogens is 284 g/mol. The third-order valence-corrected chi connectivity index (χ3v) is 4.23. The molecule has 2 aromatic carbocycles. The van der Waals surface area contributed by atoms with Gasteiger partial charge < -0.3 is 11.1 Å². The lowest BCUT2D eigenvalue weighted by Crippen LogP contribution is -2.38. The Morgan fingerprint density at radius 2 is 1.95 bits per heavy atom. The van der Waals surface area contributed by atoms with Crippen LogP contribution in [0.5, 0.6) is 0 Å². The summed E-state index contributed by atoms with van der Waals surface area (Å²) in [6.45, 7) is 0. The molecule has 0 heterocycles. The van der Waals surface area contributed by atoms with Gasteiger partial charge in [0.25, 0.3) is 5.91 Å². The first-order chi connectivity index (χ1) is 10.1. The van der Waals surface area contributed by atoms with E-state index in [0.29, 0.717) is 16.3 Å². The van der Waals surface area contributed by atoms with E-state index < -0.39 is 0 Å². The number of rotatable bonds is 2. The average molecular weight is 301 g/mol. The number of hydrogen-bond acceptors (Lipinski definition) is 2. The maximum atomic E-state index is 12.3. The van der Waals surface area contributed by atoms with Gasteiger partial charge in [-0.25, -0.2) is 0 Å². The van der Waals surface area contributed by atoms with Crippen molar-refractivity contribution in [1.29, 1.82) is 0 Å². The minimum Gasteiger partial charge on any atom is -0.399 e. The number of halogens is 1. The highest BCUT2D eigenvalue weighted by molar-refractivity contribution is 6.34. The zero-order valence-corrected chi connectivity index (χ0v) is 12.4. The minimum atomic E-state index is -0.135. The molecule has 4 heteroatoms. The highest BCUT2D eigenvalue weighted by Gasteiger charge is 2.21. The van der Waals surface area contributed by atoms with E-state index in [2.05, 4.69) is 23.5 Å². The fourth-order valence-corrected chi connectivity index (χ4v) is 3.07. The zero-order chi connectivity index (χ0) is 14.8. The van der Waals surface area contributed by atoms with E-state index in [1.165, 1.54) is 11.1 Å². The quantitative estimate of drug-likeness (QED) is 0.837. The van der Waals surface area contributed by atoms with Gasteiger partial charge in [0.15, 0.2) is 0 Å². The Labute approximate surface area is 129 Å².